The third-order valence-electron chi connectivity index (χ3n) is 6.35. The molecule has 1 aliphatic rings. The topological polar surface area (TPSA) is 107 Å². The zero-order chi connectivity index (χ0) is 27.2. The number of amides is 3. The second kappa shape index (κ2) is 12.0. The fraction of sp³-hybridized carbons (Fsp3) is 0.333. The number of hydrogen-bond donors (Lipinski definition) is 2. The molecular formula is C27H32N6O4S. The summed E-state index contributed by atoms with van der Waals surface area (Å²) in [5, 5.41) is 7.41. The van der Waals surface area contributed by atoms with Crippen molar-refractivity contribution in [3.05, 3.63) is 65.4 Å². The van der Waals surface area contributed by atoms with E-state index in [-0.39, 0.29) is 17.7 Å². The van der Waals surface area contributed by atoms with Crippen molar-refractivity contribution < 1.29 is 19.1 Å². The molecule has 1 saturated heterocycles. The van der Waals surface area contributed by atoms with Crippen molar-refractivity contribution in [1.29, 1.82) is 0 Å². The fourth-order valence-corrected chi connectivity index (χ4v) is 4.82. The minimum atomic E-state index is -0.223. The number of thiazole rings is 1. The Labute approximate surface area is 226 Å². The van der Waals surface area contributed by atoms with E-state index in [4.69, 9.17) is 4.74 Å². The molecule has 2 N–H and O–H groups in total. The largest absolute Gasteiger partial charge is 0.496 e. The van der Waals surface area contributed by atoms with Gasteiger partial charge in [0.25, 0.3) is 11.8 Å². The van der Waals surface area contributed by atoms with Crippen molar-refractivity contribution in [2.24, 2.45) is 0 Å². The number of aromatic nitrogens is 1. The second-order valence-corrected chi connectivity index (χ2v) is 10.1. The second-order valence-electron chi connectivity index (χ2n) is 9.11. The number of anilines is 3. The molecule has 0 radical (unpaired) electrons. The summed E-state index contributed by atoms with van der Waals surface area (Å²) in [5.41, 5.74) is 2.96. The van der Waals surface area contributed by atoms with Gasteiger partial charge in [0.1, 0.15) is 10.8 Å². The summed E-state index contributed by atoms with van der Waals surface area (Å²) in [4.78, 5) is 47.2. The lowest BCUT2D eigenvalue weighted by Gasteiger charge is -2.34. The van der Waals surface area contributed by atoms with Crippen molar-refractivity contribution in [2.45, 2.75) is 13.5 Å². The maximum atomic E-state index is 13.2. The highest BCUT2D eigenvalue weighted by Crippen LogP contribution is 2.26. The minimum absolute atomic E-state index is 0.0206. The van der Waals surface area contributed by atoms with Gasteiger partial charge >= 0.3 is 0 Å². The monoisotopic (exact) mass is 536 g/mol. The van der Waals surface area contributed by atoms with E-state index in [1.807, 2.05) is 43.3 Å². The van der Waals surface area contributed by atoms with Crippen molar-refractivity contribution in [3.8, 4) is 5.75 Å². The third-order valence-corrected chi connectivity index (χ3v) is 7.22. The molecule has 0 aliphatic carbocycles. The van der Waals surface area contributed by atoms with E-state index in [1.165, 1.54) is 11.3 Å². The Bertz CT molecular complexity index is 1300. The molecule has 11 heteroatoms. The smallest absolute Gasteiger partial charge is 0.257 e. The molecule has 0 unspecified atom stereocenters. The molecule has 0 saturated carbocycles. The number of methoxy groups -OCH3 is 1. The summed E-state index contributed by atoms with van der Waals surface area (Å²) in [7, 11) is 5.44. The molecule has 1 aromatic heterocycles. The van der Waals surface area contributed by atoms with E-state index in [0.717, 1.165) is 16.3 Å². The van der Waals surface area contributed by atoms with Gasteiger partial charge in [-0.05, 0) is 42.0 Å². The maximum Gasteiger partial charge on any atom is 0.257 e. The Balaban J connectivity index is 1.36. The molecule has 0 bridgehead atoms. The van der Waals surface area contributed by atoms with Crippen LogP contribution in [0.2, 0.25) is 0 Å². The maximum absolute atomic E-state index is 13.2. The number of hydrogen-bond acceptors (Lipinski definition) is 8. The first-order valence-electron chi connectivity index (χ1n) is 12.3. The average Bonchev–Trinajstić information content (AvgIpc) is 3.38. The van der Waals surface area contributed by atoms with Crippen molar-refractivity contribution in [3.63, 3.8) is 0 Å². The SMILES string of the molecule is COc1ccc(CNc2cnc(NC(=O)c3ccc(N(C)C)cc3)s2)cc1C(=O)N1CCN(C(C)=O)CC1. The van der Waals surface area contributed by atoms with Gasteiger partial charge in [0, 0.05) is 65.0 Å². The summed E-state index contributed by atoms with van der Waals surface area (Å²) >= 11 is 1.33. The van der Waals surface area contributed by atoms with Crippen LogP contribution in [0.3, 0.4) is 0 Å². The number of ether oxygens (including phenoxy) is 1. The summed E-state index contributed by atoms with van der Waals surface area (Å²) < 4.78 is 5.45. The first-order chi connectivity index (χ1) is 18.2. The number of carbonyl (C=O) groups is 3. The van der Waals surface area contributed by atoms with Gasteiger partial charge in [-0.15, -0.1) is 0 Å². The van der Waals surface area contributed by atoms with Crippen LogP contribution in [0.1, 0.15) is 33.2 Å². The van der Waals surface area contributed by atoms with Crippen LogP contribution in [0.4, 0.5) is 15.8 Å². The summed E-state index contributed by atoms with van der Waals surface area (Å²) in [5.74, 6) is 0.188. The van der Waals surface area contributed by atoms with Gasteiger partial charge < -0.3 is 24.8 Å². The van der Waals surface area contributed by atoms with E-state index < -0.39 is 0 Å². The number of carbonyl (C=O) groups excluding carboxylic acids is 3. The van der Waals surface area contributed by atoms with Gasteiger partial charge in [-0.1, -0.05) is 17.4 Å². The molecule has 0 atom stereocenters. The Morgan fingerprint density at radius 1 is 1.03 bits per heavy atom. The van der Waals surface area contributed by atoms with Gasteiger partial charge in [0.05, 0.1) is 18.9 Å². The van der Waals surface area contributed by atoms with Crippen LogP contribution in [0.25, 0.3) is 0 Å². The molecule has 0 spiro atoms. The third kappa shape index (κ3) is 6.41. The van der Waals surface area contributed by atoms with Gasteiger partial charge in [-0.3, -0.25) is 19.7 Å². The van der Waals surface area contributed by atoms with Crippen LogP contribution in [0, 0.1) is 0 Å². The van der Waals surface area contributed by atoms with Gasteiger partial charge in [0.15, 0.2) is 5.13 Å². The highest BCUT2D eigenvalue weighted by Gasteiger charge is 2.25. The average molecular weight is 537 g/mol. The highest BCUT2D eigenvalue weighted by molar-refractivity contribution is 7.19. The lowest BCUT2D eigenvalue weighted by atomic mass is 10.1. The normalized spacial score (nSPS) is 13.2. The van der Waals surface area contributed by atoms with E-state index in [2.05, 4.69) is 15.6 Å². The first kappa shape index (κ1) is 26.9. The molecule has 1 fully saturated rings. The molecule has 2 aromatic carbocycles. The number of nitrogens with one attached hydrogen (secondary N) is 2. The van der Waals surface area contributed by atoms with E-state index in [9.17, 15) is 14.4 Å². The van der Waals surface area contributed by atoms with Crippen molar-refractivity contribution in [1.82, 2.24) is 14.8 Å². The zero-order valence-corrected chi connectivity index (χ0v) is 22.8. The van der Waals surface area contributed by atoms with Crippen LogP contribution in [0.5, 0.6) is 5.75 Å². The molecule has 3 amide bonds. The fourth-order valence-electron chi connectivity index (χ4n) is 4.11. The molecule has 1 aliphatic heterocycles. The lowest BCUT2D eigenvalue weighted by molar-refractivity contribution is -0.130. The standard InChI is InChI=1S/C27H32N6O4S/c1-18(34)32-11-13-33(14-12-32)26(36)22-15-19(5-10-23(22)37-4)16-28-24-17-29-27(38-24)30-25(35)20-6-8-21(9-7-20)31(2)3/h5-10,15,17,28H,11-14,16H2,1-4H3,(H,29,30,35). The number of nitrogens with zero attached hydrogens (tertiary/aromatic N) is 4. The van der Waals surface area contributed by atoms with Crippen LogP contribution < -0.4 is 20.3 Å². The van der Waals surface area contributed by atoms with Gasteiger partial charge in [-0.25, -0.2) is 4.98 Å². The van der Waals surface area contributed by atoms with Crippen LogP contribution in [-0.4, -0.2) is 79.9 Å². The Morgan fingerprint density at radius 2 is 1.71 bits per heavy atom. The minimum Gasteiger partial charge on any atom is -0.496 e. The van der Waals surface area contributed by atoms with Crippen LogP contribution >= 0.6 is 11.3 Å². The van der Waals surface area contributed by atoms with Crippen molar-refractivity contribution in [2.75, 3.05) is 62.9 Å². The van der Waals surface area contributed by atoms with E-state index in [0.29, 0.717) is 54.7 Å². The summed E-state index contributed by atoms with van der Waals surface area (Å²) in [6, 6.07) is 12.9. The van der Waals surface area contributed by atoms with Crippen LogP contribution in [-0.2, 0) is 11.3 Å². The first-order valence-corrected chi connectivity index (χ1v) is 13.1. The number of benzene rings is 2. The Hall–Kier alpha value is -4.12. The van der Waals surface area contributed by atoms with E-state index >= 15 is 0 Å². The van der Waals surface area contributed by atoms with Crippen molar-refractivity contribution >= 4 is 44.9 Å². The van der Waals surface area contributed by atoms with E-state index in [1.54, 1.807) is 48.2 Å². The number of rotatable bonds is 8. The van der Waals surface area contributed by atoms with Gasteiger partial charge in [0.2, 0.25) is 5.91 Å². The Morgan fingerprint density at radius 3 is 2.34 bits per heavy atom. The predicted octanol–water partition coefficient (Wildman–Crippen LogP) is 3.39. The Kier molecular flexibility index (Phi) is 8.47. The lowest BCUT2D eigenvalue weighted by Crippen LogP contribution is -2.50. The summed E-state index contributed by atoms with van der Waals surface area (Å²) in [6.45, 7) is 4.02. The quantitative estimate of drug-likeness (QED) is 0.455. The molecule has 2 heterocycles. The number of piperazine rings is 1. The summed E-state index contributed by atoms with van der Waals surface area (Å²) in [6.07, 6.45) is 1.67. The molecule has 3 aromatic rings. The predicted molar refractivity (Wildman–Crippen MR) is 149 cm³/mol. The van der Waals surface area contributed by atoms with Gasteiger partial charge in [-0.2, -0.15) is 0 Å². The molecule has 10 nitrogen and oxygen atoms in total. The van der Waals surface area contributed by atoms with Crippen LogP contribution in [0.15, 0.2) is 48.7 Å². The molecule has 4 rings (SSSR count). The highest BCUT2D eigenvalue weighted by atomic mass is 32.1. The molecule has 200 valence electrons. The zero-order valence-electron chi connectivity index (χ0n) is 22.0. The molecular weight excluding hydrogens is 504 g/mol. The molecule has 38 heavy (non-hydrogen) atoms.